The Hall–Kier alpha value is 0.100. The standard InChI is InChI=1S/C13H21BrN2S/c1-9-5-4-6-10(2)16(9)15-8-12-7-13(14)11(3)17-12/h7,9-10,15H,4-6,8H2,1-3H3. The van der Waals surface area contributed by atoms with E-state index >= 15 is 0 Å². The van der Waals surface area contributed by atoms with E-state index in [0.29, 0.717) is 12.1 Å². The number of thiophene rings is 1. The fourth-order valence-corrected chi connectivity index (χ4v) is 4.04. The van der Waals surface area contributed by atoms with Crippen LogP contribution in [0.5, 0.6) is 0 Å². The fourth-order valence-electron chi connectivity index (χ4n) is 2.51. The summed E-state index contributed by atoms with van der Waals surface area (Å²) in [7, 11) is 0. The van der Waals surface area contributed by atoms with E-state index in [1.54, 1.807) is 0 Å². The fraction of sp³-hybridized carbons (Fsp3) is 0.692. The summed E-state index contributed by atoms with van der Waals surface area (Å²) in [6.45, 7) is 7.74. The number of hydrazine groups is 1. The van der Waals surface area contributed by atoms with Crippen LogP contribution in [0, 0.1) is 6.92 Å². The van der Waals surface area contributed by atoms with Gasteiger partial charge in [-0.15, -0.1) is 11.3 Å². The third-order valence-corrected chi connectivity index (χ3v) is 5.67. The van der Waals surface area contributed by atoms with Crippen molar-refractivity contribution in [1.29, 1.82) is 0 Å². The second-order valence-corrected chi connectivity index (χ2v) is 7.18. The zero-order valence-electron chi connectivity index (χ0n) is 10.8. The van der Waals surface area contributed by atoms with E-state index in [4.69, 9.17) is 0 Å². The molecule has 1 aromatic rings. The van der Waals surface area contributed by atoms with Crippen LogP contribution in [0.4, 0.5) is 0 Å². The minimum Gasteiger partial charge on any atom is -0.249 e. The van der Waals surface area contributed by atoms with Crippen LogP contribution in [0.1, 0.15) is 42.9 Å². The first kappa shape index (κ1) is 13.5. The molecular weight excluding hydrogens is 296 g/mol. The summed E-state index contributed by atoms with van der Waals surface area (Å²) >= 11 is 5.44. The summed E-state index contributed by atoms with van der Waals surface area (Å²) in [6, 6.07) is 3.54. The quantitative estimate of drug-likeness (QED) is 0.903. The number of hydrogen-bond donors (Lipinski definition) is 1. The lowest BCUT2D eigenvalue weighted by molar-refractivity contribution is 0.0439. The molecular formula is C13H21BrN2S. The lowest BCUT2D eigenvalue weighted by Gasteiger charge is -2.39. The Morgan fingerprint density at radius 2 is 2.06 bits per heavy atom. The van der Waals surface area contributed by atoms with Crippen LogP contribution in [0.25, 0.3) is 0 Å². The maximum absolute atomic E-state index is 3.60. The number of piperidine rings is 1. The van der Waals surface area contributed by atoms with Gasteiger partial charge in [-0.1, -0.05) is 6.42 Å². The van der Waals surface area contributed by atoms with Gasteiger partial charge in [0.05, 0.1) is 0 Å². The van der Waals surface area contributed by atoms with Gasteiger partial charge in [-0.2, -0.15) is 0 Å². The van der Waals surface area contributed by atoms with Crippen LogP contribution < -0.4 is 5.43 Å². The van der Waals surface area contributed by atoms with E-state index < -0.39 is 0 Å². The Morgan fingerprint density at radius 1 is 1.41 bits per heavy atom. The summed E-state index contributed by atoms with van der Waals surface area (Å²) in [6.07, 6.45) is 3.99. The molecule has 1 saturated heterocycles. The highest BCUT2D eigenvalue weighted by Crippen LogP contribution is 2.27. The van der Waals surface area contributed by atoms with Gasteiger partial charge in [0.25, 0.3) is 0 Å². The monoisotopic (exact) mass is 316 g/mol. The number of hydrogen-bond acceptors (Lipinski definition) is 3. The predicted molar refractivity (Wildman–Crippen MR) is 78.2 cm³/mol. The molecule has 1 aliphatic rings. The molecule has 1 aliphatic heterocycles. The molecule has 17 heavy (non-hydrogen) atoms. The molecule has 1 aromatic heterocycles. The average Bonchev–Trinajstić information content (AvgIpc) is 2.58. The van der Waals surface area contributed by atoms with Crippen molar-refractivity contribution in [3.63, 3.8) is 0 Å². The highest BCUT2D eigenvalue weighted by Gasteiger charge is 2.24. The Labute approximate surface area is 116 Å². The molecule has 2 unspecified atom stereocenters. The largest absolute Gasteiger partial charge is 0.249 e. The van der Waals surface area contributed by atoms with Crippen molar-refractivity contribution in [2.24, 2.45) is 0 Å². The predicted octanol–water partition coefficient (Wildman–Crippen LogP) is 4.09. The highest BCUT2D eigenvalue weighted by molar-refractivity contribution is 9.10. The van der Waals surface area contributed by atoms with Gasteiger partial charge in [0.2, 0.25) is 0 Å². The van der Waals surface area contributed by atoms with E-state index in [-0.39, 0.29) is 0 Å². The van der Waals surface area contributed by atoms with Crippen LogP contribution in [-0.2, 0) is 6.54 Å². The van der Waals surface area contributed by atoms with Crippen molar-refractivity contribution < 1.29 is 0 Å². The van der Waals surface area contributed by atoms with Gasteiger partial charge in [-0.25, -0.2) is 10.4 Å². The van der Waals surface area contributed by atoms with Gasteiger partial charge in [-0.3, -0.25) is 0 Å². The Bertz CT molecular complexity index is 348. The molecule has 2 heterocycles. The topological polar surface area (TPSA) is 15.3 Å². The number of nitrogens with one attached hydrogen (secondary N) is 1. The SMILES string of the molecule is Cc1sc(CNN2C(C)CCCC2C)cc1Br. The van der Waals surface area contributed by atoms with Gasteiger partial charge in [-0.05, 0) is 55.6 Å². The Kier molecular flexibility index (Phi) is 4.64. The summed E-state index contributed by atoms with van der Waals surface area (Å²) in [5, 5.41) is 2.44. The zero-order valence-corrected chi connectivity index (χ0v) is 13.2. The van der Waals surface area contributed by atoms with Crippen molar-refractivity contribution in [1.82, 2.24) is 10.4 Å². The van der Waals surface area contributed by atoms with Crippen molar-refractivity contribution in [3.05, 3.63) is 20.3 Å². The first-order valence-electron chi connectivity index (χ1n) is 6.34. The van der Waals surface area contributed by atoms with E-state index in [1.807, 2.05) is 11.3 Å². The molecule has 0 amide bonds. The first-order chi connectivity index (χ1) is 8.08. The molecule has 0 aromatic carbocycles. The molecule has 2 nitrogen and oxygen atoms in total. The Balaban J connectivity index is 1.92. The van der Waals surface area contributed by atoms with E-state index in [2.05, 4.69) is 53.2 Å². The van der Waals surface area contributed by atoms with E-state index in [0.717, 1.165) is 6.54 Å². The first-order valence-corrected chi connectivity index (χ1v) is 7.95. The minimum absolute atomic E-state index is 0.656. The number of halogens is 1. The second kappa shape index (κ2) is 5.83. The number of aryl methyl sites for hydroxylation is 1. The Morgan fingerprint density at radius 3 is 2.59 bits per heavy atom. The molecule has 96 valence electrons. The van der Waals surface area contributed by atoms with Gasteiger partial charge in [0.15, 0.2) is 0 Å². The molecule has 0 radical (unpaired) electrons. The maximum atomic E-state index is 3.60. The number of nitrogens with zero attached hydrogens (tertiary/aromatic N) is 1. The summed E-state index contributed by atoms with van der Waals surface area (Å²) in [5.74, 6) is 0. The molecule has 0 spiro atoms. The lowest BCUT2D eigenvalue weighted by Crippen LogP contribution is -2.51. The van der Waals surface area contributed by atoms with Crippen LogP contribution in [0.15, 0.2) is 10.5 Å². The van der Waals surface area contributed by atoms with Crippen molar-refractivity contribution in [2.75, 3.05) is 0 Å². The molecule has 0 saturated carbocycles. The van der Waals surface area contributed by atoms with Crippen LogP contribution in [0.3, 0.4) is 0 Å². The smallest absolute Gasteiger partial charge is 0.0448 e. The van der Waals surface area contributed by atoms with E-state index in [1.165, 1.54) is 33.5 Å². The lowest BCUT2D eigenvalue weighted by atomic mass is 10.00. The third-order valence-electron chi connectivity index (χ3n) is 3.54. The van der Waals surface area contributed by atoms with Crippen LogP contribution in [-0.4, -0.2) is 17.1 Å². The van der Waals surface area contributed by atoms with Crippen molar-refractivity contribution in [2.45, 2.75) is 58.7 Å². The molecule has 2 atom stereocenters. The van der Waals surface area contributed by atoms with Gasteiger partial charge in [0.1, 0.15) is 0 Å². The highest BCUT2D eigenvalue weighted by atomic mass is 79.9. The molecule has 0 aliphatic carbocycles. The van der Waals surface area contributed by atoms with Crippen LogP contribution in [0.2, 0.25) is 0 Å². The maximum Gasteiger partial charge on any atom is 0.0448 e. The molecule has 4 heteroatoms. The summed E-state index contributed by atoms with van der Waals surface area (Å²) < 4.78 is 1.24. The molecule has 1 fully saturated rings. The summed E-state index contributed by atoms with van der Waals surface area (Å²) in [4.78, 5) is 2.76. The molecule has 0 bridgehead atoms. The van der Waals surface area contributed by atoms with Gasteiger partial charge >= 0.3 is 0 Å². The molecule has 1 N–H and O–H groups in total. The molecule has 2 rings (SSSR count). The van der Waals surface area contributed by atoms with Gasteiger partial charge in [0, 0.05) is 32.9 Å². The summed E-state index contributed by atoms with van der Waals surface area (Å²) in [5.41, 5.74) is 3.60. The van der Waals surface area contributed by atoms with Gasteiger partial charge < -0.3 is 0 Å². The van der Waals surface area contributed by atoms with Crippen molar-refractivity contribution >= 4 is 27.3 Å². The van der Waals surface area contributed by atoms with E-state index in [9.17, 15) is 0 Å². The zero-order chi connectivity index (χ0) is 12.4. The minimum atomic E-state index is 0.656. The average molecular weight is 317 g/mol. The normalized spacial score (nSPS) is 26.4. The van der Waals surface area contributed by atoms with Crippen LogP contribution >= 0.6 is 27.3 Å². The van der Waals surface area contributed by atoms with Crippen molar-refractivity contribution in [3.8, 4) is 0 Å². The third kappa shape index (κ3) is 3.31. The number of rotatable bonds is 3. The second-order valence-electron chi connectivity index (χ2n) is 4.99.